The van der Waals surface area contributed by atoms with Crippen molar-refractivity contribution in [3.05, 3.63) is 150 Å². The van der Waals surface area contributed by atoms with Crippen LogP contribution in [0.1, 0.15) is 62.4 Å². The molecule has 85 heavy (non-hydrogen) atoms. The zero-order valence-corrected chi connectivity index (χ0v) is 53.9. The molecule has 15 nitrogen and oxygen atoms in total. The minimum atomic E-state index is 0.711. The highest BCUT2D eigenvalue weighted by Gasteiger charge is 2.11. The molecule has 0 amide bonds. The lowest BCUT2D eigenvalue weighted by Crippen LogP contribution is -2.14. The molecule has 5 aromatic heterocycles. The van der Waals surface area contributed by atoms with Crippen LogP contribution in [0.5, 0.6) is 28.7 Å². The second-order valence-corrected chi connectivity index (χ2v) is 22.5. The number of likely N-dealkylation sites (N-methyl/N-ethyl adjacent to an activating group) is 5. The Labute approximate surface area is 506 Å². The summed E-state index contributed by atoms with van der Waals surface area (Å²) in [5.41, 5.74) is 12.7. The topological polar surface area (TPSA) is 141 Å². The van der Waals surface area contributed by atoms with E-state index in [2.05, 4.69) is 212 Å². The first-order valence-corrected chi connectivity index (χ1v) is 30.4. The van der Waals surface area contributed by atoms with Crippen LogP contribution in [0.4, 0.5) is 0 Å². The van der Waals surface area contributed by atoms with Crippen LogP contribution in [-0.4, -0.2) is 186 Å². The van der Waals surface area contributed by atoms with Gasteiger partial charge in [-0.15, -0.1) is 0 Å². The maximum atomic E-state index is 5.54. The third kappa shape index (κ3) is 21.0. The predicted molar refractivity (Wildman–Crippen MR) is 359 cm³/mol. The lowest BCUT2D eigenvalue weighted by atomic mass is 10.1. The van der Waals surface area contributed by atoms with E-state index in [4.69, 9.17) is 23.7 Å². The van der Waals surface area contributed by atoms with Gasteiger partial charge in [0.15, 0.2) is 0 Å². The molecule has 5 heterocycles. The highest BCUT2D eigenvalue weighted by atomic mass is 16.5. The molecule has 0 bridgehead atoms. The predicted octanol–water partition coefficient (Wildman–Crippen LogP) is 13.4. The quantitative estimate of drug-likeness (QED) is 0.0376. The molecular formula is C70H100N10O5. The molecule has 0 aliphatic carbocycles. The van der Waals surface area contributed by atoms with E-state index in [9.17, 15) is 0 Å². The van der Waals surface area contributed by atoms with Crippen molar-refractivity contribution < 1.29 is 23.7 Å². The number of rotatable bonds is 25. The standard InChI is InChI=1S/5C14H20N2O/c5*1-4-17-12-5-6-14-13(9-12)11(10-15-14)7-8-16(2)3/h5*5-6,9-10,15H,4,7-8H2,1-3H3. The van der Waals surface area contributed by atoms with Gasteiger partial charge in [-0.05, 0) is 256 Å². The van der Waals surface area contributed by atoms with Crippen LogP contribution in [0.25, 0.3) is 54.5 Å². The van der Waals surface area contributed by atoms with Crippen LogP contribution in [0.15, 0.2) is 122 Å². The third-order valence-corrected chi connectivity index (χ3v) is 14.4. The lowest BCUT2D eigenvalue weighted by Gasteiger charge is -2.08. The minimum Gasteiger partial charge on any atom is -0.494 e. The summed E-state index contributed by atoms with van der Waals surface area (Å²) in [5.74, 6) is 4.75. The van der Waals surface area contributed by atoms with Gasteiger partial charge in [0, 0.05) is 118 Å². The van der Waals surface area contributed by atoms with Gasteiger partial charge in [-0.1, -0.05) is 0 Å². The summed E-state index contributed by atoms with van der Waals surface area (Å²) in [6, 6.07) is 31.1. The monoisotopic (exact) mass is 1160 g/mol. The van der Waals surface area contributed by atoms with Crippen LogP contribution < -0.4 is 23.7 Å². The molecule has 0 saturated heterocycles. The van der Waals surface area contributed by atoms with Gasteiger partial charge in [-0.2, -0.15) is 0 Å². The minimum absolute atomic E-state index is 0.711. The number of hydrogen-bond acceptors (Lipinski definition) is 10. The summed E-state index contributed by atoms with van der Waals surface area (Å²) in [4.78, 5) is 27.5. The maximum Gasteiger partial charge on any atom is 0.120 e. The number of nitrogens with one attached hydrogen (secondary N) is 5. The Bertz CT molecular complexity index is 2970. The van der Waals surface area contributed by atoms with Gasteiger partial charge in [0.05, 0.1) is 33.0 Å². The molecule has 5 N–H and O–H groups in total. The van der Waals surface area contributed by atoms with E-state index in [0.29, 0.717) is 33.0 Å². The summed E-state index contributed by atoms with van der Waals surface area (Å²) in [6.07, 6.45) is 15.8. The fourth-order valence-corrected chi connectivity index (χ4v) is 9.82. The summed E-state index contributed by atoms with van der Waals surface area (Å²) < 4.78 is 27.7. The van der Waals surface area contributed by atoms with Gasteiger partial charge in [0.2, 0.25) is 0 Å². The zero-order chi connectivity index (χ0) is 61.3. The average molecular weight is 1160 g/mol. The van der Waals surface area contributed by atoms with Crippen molar-refractivity contribution in [1.82, 2.24) is 49.4 Å². The molecule has 0 saturated carbocycles. The van der Waals surface area contributed by atoms with Gasteiger partial charge in [0.25, 0.3) is 0 Å². The van der Waals surface area contributed by atoms with Crippen molar-refractivity contribution in [2.45, 2.75) is 66.7 Å². The van der Waals surface area contributed by atoms with Crippen LogP contribution in [-0.2, 0) is 32.1 Å². The van der Waals surface area contributed by atoms with E-state index in [-0.39, 0.29) is 0 Å². The van der Waals surface area contributed by atoms with Crippen molar-refractivity contribution in [2.24, 2.45) is 0 Å². The van der Waals surface area contributed by atoms with Gasteiger partial charge in [0.1, 0.15) is 28.7 Å². The summed E-state index contributed by atoms with van der Waals surface area (Å²) >= 11 is 0. The summed E-state index contributed by atoms with van der Waals surface area (Å²) in [6.45, 7) is 18.9. The SMILES string of the molecule is CCOc1ccc2[nH]cc(CCN(C)C)c2c1.CCOc1ccc2[nH]cc(CCN(C)C)c2c1.CCOc1ccc2[nH]cc(CCN(C)C)c2c1.CCOc1ccc2[nH]cc(CCN(C)C)c2c1.CCOc1ccc2[nH]cc(CCN(C)C)c2c1. The Morgan fingerprint density at radius 2 is 0.424 bits per heavy atom. The number of H-pyrrole nitrogens is 5. The number of ether oxygens (including phenoxy) is 5. The largest absolute Gasteiger partial charge is 0.494 e. The maximum absolute atomic E-state index is 5.54. The molecule has 10 rings (SSSR count). The van der Waals surface area contributed by atoms with E-state index in [0.717, 1.165) is 93.6 Å². The average Bonchev–Trinajstić information content (AvgIpc) is 3.89. The Morgan fingerprint density at radius 1 is 0.259 bits per heavy atom. The van der Waals surface area contributed by atoms with E-state index in [1.807, 2.05) is 65.0 Å². The highest BCUT2D eigenvalue weighted by molar-refractivity contribution is 5.87. The van der Waals surface area contributed by atoms with E-state index >= 15 is 0 Å². The van der Waals surface area contributed by atoms with Crippen molar-refractivity contribution in [3.63, 3.8) is 0 Å². The van der Waals surface area contributed by atoms with Crippen molar-refractivity contribution in [2.75, 3.05) is 136 Å². The molecular weight excluding hydrogens is 1060 g/mol. The zero-order valence-electron chi connectivity index (χ0n) is 53.9. The summed E-state index contributed by atoms with van der Waals surface area (Å²) in [5, 5.41) is 6.38. The Morgan fingerprint density at radius 3 is 0.565 bits per heavy atom. The Hall–Kier alpha value is -7.40. The van der Waals surface area contributed by atoms with Gasteiger partial charge < -0.3 is 73.1 Å². The van der Waals surface area contributed by atoms with E-state index < -0.39 is 0 Å². The number of aromatic nitrogens is 5. The number of nitrogens with zero attached hydrogens (tertiary/aromatic N) is 5. The van der Waals surface area contributed by atoms with Gasteiger partial charge in [-0.3, -0.25) is 0 Å². The first-order chi connectivity index (χ1) is 41.0. The molecule has 5 aromatic carbocycles. The number of fused-ring (bicyclic) bond motifs is 5. The second-order valence-electron chi connectivity index (χ2n) is 22.5. The van der Waals surface area contributed by atoms with Crippen molar-refractivity contribution in [1.29, 1.82) is 0 Å². The Balaban J connectivity index is 0.000000170. The molecule has 460 valence electrons. The van der Waals surface area contributed by atoms with Crippen LogP contribution in [0, 0.1) is 0 Å². The first-order valence-electron chi connectivity index (χ1n) is 30.4. The van der Waals surface area contributed by atoms with E-state index in [1.54, 1.807) is 0 Å². The van der Waals surface area contributed by atoms with Gasteiger partial charge >= 0.3 is 0 Å². The summed E-state index contributed by atoms with van der Waals surface area (Å²) in [7, 11) is 21.0. The molecule has 0 aliphatic rings. The van der Waals surface area contributed by atoms with Crippen LogP contribution in [0.3, 0.4) is 0 Å². The molecule has 0 fully saturated rings. The fraction of sp³-hybridized carbons (Fsp3) is 0.429. The molecule has 0 radical (unpaired) electrons. The smallest absolute Gasteiger partial charge is 0.120 e. The second kappa shape index (κ2) is 34.5. The lowest BCUT2D eigenvalue weighted by molar-refractivity contribution is 0.340. The van der Waals surface area contributed by atoms with Gasteiger partial charge in [-0.25, -0.2) is 0 Å². The normalized spacial score (nSPS) is 11.3. The number of hydrogen-bond donors (Lipinski definition) is 5. The van der Waals surface area contributed by atoms with Crippen molar-refractivity contribution >= 4 is 54.5 Å². The van der Waals surface area contributed by atoms with Crippen LogP contribution in [0.2, 0.25) is 0 Å². The molecule has 0 unspecified atom stereocenters. The molecule has 0 spiro atoms. The molecule has 0 aliphatic heterocycles. The first kappa shape index (κ1) is 66.7. The fourth-order valence-electron chi connectivity index (χ4n) is 9.82. The third-order valence-electron chi connectivity index (χ3n) is 14.4. The Kier molecular flexibility index (Phi) is 27.1. The van der Waals surface area contributed by atoms with E-state index in [1.165, 1.54) is 82.3 Å². The van der Waals surface area contributed by atoms with Crippen LogP contribution >= 0.6 is 0 Å². The molecule has 0 atom stereocenters. The van der Waals surface area contributed by atoms with Crippen molar-refractivity contribution in [3.8, 4) is 28.7 Å². The highest BCUT2D eigenvalue weighted by Crippen LogP contribution is 2.29. The number of benzene rings is 5. The molecule has 15 heteroatoms. The number of aromatic amines is 5. The molecule has 10 aromatic rings.